The first kappa shape index (κ1) is 15.4. The number of benzene rings is 2. The van der Waals surface area contributed by atoms with Crippen LogP contribution in [0.1, 0.15) is 42.6 Å². The van der Waals surface area contributed by atoms with Crippen LogP contribution in [0.15, 0.2) is 42.5 Å². The van der Waals surface area contributed by atoms with Crippen LogP contribution in [0.25, 0.3) is 0 Å². The zero-order chi connectivity index (χ0) is 14.7. The summed E-state index contributed by atoms with van der Waals surface area (Å²) in [5.74, 6) is 0. The summed E-state index contributed by atoms with van der Waals surface area (Å²) in [5.41, 5.74) is 3.70. The summed E-state index contributed by atoms with van der Waals surface area (Å²) in [6.07, 6.45) is 0. The highest BCUT2D eigenvalue weighted by Gasteiger charge is 2.12. The zero-order valence-electron chi connectivity index (χ0n) is 12.0. The van der Waals surface area contributed by atoms with Crippen LogP contribution < -0.4 is 5.32 Å². The summed E-state index contributed by atoms with van der Waals surface area (Å²) in [4.78, 5) is 0. The van der Waals surface area contributed by atoms with Gasteiger partial charge in [0.05, 0.1) is 10.0 Å². The Labute approximate surface area is 130 Å². The van der Waals surface area contributed by atoms with Crippen LogP contribution in [0.5, 0.6) is 0 Å². The van der Waals surface area contributed by atoms with Crippen molar-refractivity contribution in [1.82, 2.24) is 5.32 Å². The highest BCUT2D eigenvalue weighted by Crippen LogP contribution is 2.27. The van der Waals surface area contributed by atoms with Crippen molar-refractivity contribution >= 4 is 23.2 Å². The Balaban J connectivity index is 2.10. The second-order valence-corrected chi connectivity index (χ2v) is 6.01. The minimum Gasteiger partial charge on any atom is -0.304 e. The van der Waals surface area contributed by atoms with Gasteiger partial charge in [-0.15, -0.1) is 0 Å². The van der Waals surface area contributed by atoms with Gasteiger partial charge < -0.3 is 5.32 Å². The Kier molecular flexibility index (Phi) is 5.09. The van der Waals surface area contributed by atoms with Gasteiger partial charge in [0, 0.05) is 12.1 Å². The molecule has 1 unspecified atom stereocenters. The van der Waals surface area contributed by atoms with E-state index in [2.05, 4.69) is 50.4 Å². The van der Waals surface area contributed by atoms with E-state index in [0.717, 1.165) is 5.56 Å². The van der Waals surface area contributed by atoms with Crippen LogP contribution in [0, 0.1) is 6.92 Å². The van der Waals surface area contributed by atoms with Crippen molar-refractivity contribution in [1.29, 1.82) is 0 Å². The molecule has 0 radical (unpaired) electrons. The molecule has 0 saturated heterocycles. The van der Waals surface area contributed by atoms with Gasteiger partial charge in [0.2, 0.25) is 0 Å². The van der Waals surface area contributed by atoms with Crippen molar-refractivity contribution in [2.24, 2.45) is 0 Å². The smallest absolute Gasteiger partial charge is 0.0595 e. The Morgan fingerprint density at radius 3 is 2.10 bits per heavy atom. The van der Waals surface area contributed by atoms with E-state index in [0.29, 0.717) is 10.0 Å². The maximum atomic E-state index is 6.07. The molecule has 1 N–H and O–H groups in total. The Morgan fingerprint density at radius 1 is 0.850 bits per heavy atom. The van der Waals surface area contributed by atoms with Crippen LogP contribution >= 0.6 is 23.2 Å². The number of aryl methyl sites for hydroxylation is 1. The van der Waals surface area contributed by atoms with E-state index in [1.54, 1.807) is 0 Å². The van der Waals surface area contributed by atoms with E-state index >= 15 is 0 Å². The second kappa shape index (κ2) is 6.62. The monoisotopic (exact) mass is 307 g/mol. The van der Waals surface area contributed by atoms with Gasteiger partial charge in [-0.3, -0.25) is 0 Å². The standard InChI is InChI=1S/C17H19Cl2N/c1-11-5-4-6-14(9-11)12(2)20-13(3)15-7-8-16(18)17(19)10-15/h4-10,12-13,20H,1-3H3/t12-,13?/m1/s1. The van der Waals surface area contributed by atoms with Crippen LogP contribution in [0.3, 0.4) is 0 Å². The SMILES string of the molecule is Cc1cccc([C@@H](C)NC(C)c2ccc(Cl)c(Cl)c2)c1. The third-order valence-electron chi connectivity index (χ3n) is 3.49. The predicted octanol–water partition coefficient (Wildman–Crippen LogP) is 5.71. The summed E-state index contributed by atoms with van der Waals surface area (Å²) in [6.45, 7) is 6.41. The van der Waals surface area contributed by atoms with E-state index in [1.807, 2.05) is 18.2 Å². The fourth-order valence-corrected chi connectivity index (χ4v) is 2.60. The molecule has 0 aliphatic carbocycles. The van der Waals surface area contributed by atoms with Gasteiger partial charge in [-0.25, -0.2) is 0 Å². The first-order valence-corrected chi connectivity index (χ1v) is 7.50. The maximum Gasteiger partial charge on any atom is 0.0595 e. The van der Waals surface area contributed by atoms with E-state index in [4.69, 9.17) is 23.2 Å². The fraction of sp³-hybridized carbons (Fsp3) is 0.294. The van der Waals surface area contributed by atoms with E-state index in [-0.39, 0.29) is 12.1 Å². The van der Waals surface area contributed by atoms with Crippen LogP contribution in [0.4, 0.5) is 0 Å². The van der Waals surface area contributed by atoms with Crippen LogP contribution in [-0.2, 0) is 0 Å². The minimum absolute atomic E-state index is 0.209. The molecule has 0 fully saturated rings. The van der Waals surface area contributed by atoms with Gasteiger partial charge >= 0.3 is 0 Å². The molecule has 0 heterocycles. The average Bonchev–Trinajstić information content (AvgIpc) is 2.41. The minimum atomic E-state index is 0.209. The van der Waals surface area contributed by atoms with Gasteiger partial charge in [0.1, 0.15) is 0 Å². The van der Waals surface area contributed by atoms with Gasteiger partial charge in [0.25, 0.3) is 0 Å². The van der Waals surface area contributed by atoms with E-state index < -0.39 is 0 Å². The van der Waals surface area contributed by atoms with E-state index in [1.165, 1.54) is 11.1 Å². The van der Waals surface area contributed by atoms with Gasteiger partial charge in [0.15, 0.2) is 0 Å². The molecule has 2 aromatic rings. The lowest BCUT2D eigenvalue weighted by Gasteiger charge is -2.21. The molecular formula is C17H19Cl2N. The number of halogens is 2. The fourth-order valence-electron chi connectivity index (χ4n) is 2.29. The number of nitrogens with one attached hydrogen (secondary N) is 1. The number of rotatable bonds is 4. The molecular weight excluding hydrogens is 289 g/mol. The lowest BCUT2D eigenvalue weighted by atomic mass is 10.0. The Morgan fingerprint density at radius 2 is 1.50 bits per heavy atom. The summed E-state index contributed by atoms with van der Waals surface area (Å²) in [5, 5.41) is 4.77. The van der Waals surface area contributed by atoms with Crippen LogP contribution in [0.2, 0.25) is 10.0 Å². The van der Waals surface area contributed by atoms with Crippen molar-refractivity contribution in [3.05, 3.63) is 69.2 Å². The third kappa shape index (κ3) is 3.76. The molecule has 20 heavy (non-hydrogen) atoms. The summed E-state index contributed by atoms with van der Waals surface area (Å²) < 4.78 is 0. The number of hydrogen-bond acceptors (Lipinski definition) is 1. The maximum absolute atomic E-state index is 6.07. The molecule has 0 aliphatic heterocycles. The van der Waals surface area contributed by atoms with Gasteiger partial charge in [-0.05, 0) is 44.0 Å². The van der Waals surface area contributed by atoms with Crippen molar-refractivity contribution in [2.45, 2.75) is 32.9 Å². The molecule has 3 heteroatoms. The van der Waals surface area contributed by atoms with Crippen molar-refractivity contribution in [3.8, 4) is 0 Å². The second-order valence-electron chi connectivity index (χ2n) is 5.20. The summed E-state index contributed by atoms with van der Waals surface area (Å²) >= 11 is 12.0. The number of hydrogen-bond donors (Lipinski definition) is 1. The summed E-state index contributed by atoms with van der Waals surface area (Å²) in [7, 11) is 0. The molecule has 0 saturated carbocycles. The first-order chi connectivity index (χ1) is 9.47. The molecule has 0 spiro atoms. The molecule has 1 nitrogen and oxygen atoms in total. The largest absolute Gasteiger partial charge is 0.304 e. The molecule has 2 rings (SSSR count). The lowest BCUT2D eigenvalue weighted by molar-refractivity contribution is 0.494. The van der Waals surface area contributed by atoms with Crippen molar-refractivity contribution in [3.63, 3.8) is 0 Å². The third-order valence-corrected chi connectivity index (χ3v) is 4.22. The van der Waals surface area contributed by atoms with Gasteiger partial charge in [-0.2, -0.15) is 0 Å². The molecule has 0 aliphatic rings. The predicted molar refractivity (Wildman–Crippen MR) is 87.6 cm³/mol. The lowest BCUT2D eigenvalue weighted by Crippen LogP contribution is -2.22. The average molecular weight is 308 g/mol. The molecule has 106 valence electrons. The van der Waals surface area contributed by atoms with Crippen molar-refractivity contribution < 1.29 is 0 Å². The first-order valence-electron chi connectivity index (χ1n) is 6.75. The highest BCUT2D eigenvalue weighted by atomic mass is 35.5. The molecule has 0 aromatic heterocycles. The highest BCUT2D eigenvalue weighted by molar-refractivity contribution is 6.42. The normalized spacial score (nSPS) is 14.1. The molecule has 0 bridgehead atoms. The Bertz CT molecular complexity index is 595. The van der Waals surface area contributed by atoms with Gasteiger partial charge in [-0.1, -0.05) is 59.1 Å². The quantitative estimate of drug-likeness (QED) is 0.762. The van der Waals surface area contributed by atoms with Crippen molar-refractivity contribution in [2.75, 3.05) is 0 Å². The zero-order valence-corrected chi connectivity index (χ0v) is 13.5. The van der Waals surface area contributed by atoms with E-state index in [9.17, 15) is 0 Å². The Hall–Kier alpha value is -1.02. The molecule has 2 atom stereocenters. The van der Waals surface area contributed by atoms with Crippen LogP contribution in [-0.4, -0.2) is 0 Å². The topological polar surface area (TPSA) is 12.0 Å². The molecule has 0 amide bonds. The summed E-state index contributed by atoms with van der Waals surface area (Å²) in [6, 6.07) is 14.8. The molecule has 2 aromatic carbocycles.